The number of hydrogen-bond donors (Lipinski definition) is 9. The number of rotatable bonds is 17. The van der Waals surface area contributed by atoms with Gasteiger partial charge in [-0.05, 0) is 25.2 Å². The molecule has 3 amide bonds. The maximum atomic E-state index is 13.1. The number of hydrogen-bond acceptors (Lipinski definition) is 8. The molecule has 0 aliphatic rings. The Hall–Kier alpha value is -4.21. The van der Waals surface area contributed by atoms with E-state index >= 15 is 0 Å². The minimum Gasteiger partial charge on any atom is -0.481 e. The molecule has 0 saturated carbocycles. The zero-order valence-corrected chi connectivity index (χ0v) is 21.3. The predicted octanol–water partition coefficient (Wildman–Crippen LogP) is -2.61. The van der Waals surface area contributed by atoms with Crippen LogP contribution in [-0.4, -0.2) is 86.5 Å². The zero-order chi connectivity index (χ0) is 28.8. The molecule has 0 fully saturated rings. The van der Waals surface area contributed by atoms with Crippen LogP contribution in [0.5, 0.6) is 0 Å². The van der Waals surface area contributed by atoms with Crippen LogP contribution < -0.4 is 33.2 Å². The maximum Gasteiger partial charge on any atom is 0.326 e. The largest absolute Gasteiger partial charge is 0.481 e. The van der Waals surface area contributed by atoms with Crippen LogP contribution in [0.1, 0.15) is 45.2 Å². The highest BCUT2D eigenvalue weighted by molar-refractivity contribution is 5.94. The molecule has 0 radical (unpaired) electrons. The topological polar surface area (TPSA) is 281 Å². The Kier molecular flexibility index (Phi) is 13.2. The third kappa shape index (κ3) is 12.2. The van der Waals surface area contributed by atoms with Crippen LogP contribution >= 0.6 is 0 Å². The molecular formula is C22H37N9O7. The van der Waals surface area contributed by atoms with Crippen molar-refractivity contribution in [3.63, 3.8) is 0 Å². The van der Waals surface area contributed by atoms with Crippen LogP contribution in [0.2, 0.25) is 0 Å². The SMILES string of the molecule is CC(C)CC(NC(=O)C(N)CC(=O)O)C(=O)NC(CCCN=C(N)N)C(=O)NC(Cc1cnc[nH]1)C(=O)O. The second-order valence-corrected chi connectivity index (χ2v) is 9.09. The van der Waals surface area contributed by atoms with Gasteiger partial charge in [0.1, 0.15) is 18.1 Å². The van der Waals surface area contributed by atoms with E-state index in [9.17, 15) is 29.1 Å². The Balaban J connectivity index is 3.05. The van der Waals surface area contributed by atoms with E-state index in [2.05, 4.69) is 30.9 Å². The summed E-state index contributed by atoms with van der Waals surface area (Å²) in [4.78, 5) is 71.6. The highest BCUT2D eigenvalue weighted by atomic mass is 16.4. The van der Waals surface area contributed by atoms with Crippen molar-refractivity contribution >= 4 is 35.6 Å². The summed E-state index contributed by atoms with van der Waals surface area (Å²) in [6.45, 7) is 3.75. The van der Waals surface area contributed by atoms with Gasteiger partial charge in [0.05, 0.1) is 18.8 Å². The summed E-state index contributed by atoms with van der Waals surface area (Å²) in [6, 6.07) is -5.03. The lowest BCUT2D eigenvalue weighted by Crippen LogP contribution is -2.57. The lowest BCUT2D eigenvalue weighted by atomic mass is 10.0. The average molecular weight is 540 g/mol. The summed E-state index contributed by atoms with van der Waals surface area (Å²) in [5.41, 5.74) is 16.7. The number of amides is 3. The summed E-state index contributed by atoms with van der Waals surface area (Å²) < 4.78 is 0. The minimum atomic E-state index is -1.38. The van der Waals surface area contributed by atoms with Gasteiger partial charge in [0.25, 0.3) is 0 Å². The number of aromatic amines is 1. The molecule has 0 aromatic carbocycles. The third-order valence-corrected chi connectivity index (χ3v) is 5.24. The minimum absolute atomic E-state index is 0.0472. The van der Waals surface area contributed by atoms with Crippen molar-refractivity contribution in [2.75, 3.05) is 6.54 Å². The average Bonchev–Trinajstić information content (AvgIpc) is 3.32. The van der Waals surface area contributed by atoms with Gasteiger partial charge in [0.15, 0.2) is 5.96 Å². The van der Waals surface area contributed by atoms with Crippen molar-refractivity contribution in [3.8, 4) is 0 Å². The van der Waals surface area contributed by atoms with E-state index in [4.69, 9.17) is 22.3 Å². The fourth-order valence-electron chi connectivity index (χ4n) is 3.40. The molecule has 1 aromatic heterocycles. The standard InChI is InChI=1S/C22H37N9O7/c1-11(2)6-15(30-18(34)13(23)8-17(32)33)20(36)29-14(4-3-5-27-22(24)25)19(35)31-16(21(37)38)7-12-9-26-10-28-12/h9-11,13-16H,3-8,23H2,1-2H3,(H,26,28)(H,29,36)(H,30,34)(H,31,35)(H,32,33)(H,37,38)(H4,24,25,27). The lowest BCUT2D eigenvalue weighted by Gasteiger charge is -2.26. The molecule has 212 valence electrons. The molecule has 1 rings (SSSR count). The van der Waals surface area contributed by atoms with Gasteiger partial charge >= 0.3 is 11.9 Å². The van der Waals surface area contributed by atoms with E-state index in [-0.39, 0.29) is 44.1 Å². The van der Waals surface area contributed by atoms with Gasteiger partial charge in [0, 0.05) is 24.9 Å². The van der Waals surface area contributed by atoms with Gasteiger partial charge in [-0.2, -0.15) is 0 Å². The molecule has 16 nitrogen and oxygen atoms in total. The van der Waals surface area contributed by atoms with Gasteiger partial charge in [-0.1, -0.05) is 13.8 Å². The van der Waals surface area contributed by atoms with E-state index in [1.54, 1.807) is 13.8 Å². The Labute approximate surface area is 219 Å². The first-order chi connectivity index (χ1) is 17.8. The second kappa shape index (κ2) is 15.8. The number of nitrogens with one attached hydrogen (secondary N) is 4. The number of carbonyl (C=O) groups is 5. The number of nitrogens with two attached hydrogens (primary N) is 3. The van der Waals surface area contributed by atoms with Crippen LogP contribution in [-0.2, 0) is 30.4 Å². The summed E-state index contributed by atoms with van der Waals surface area (Å²) in [6.07, 6.45) is 2.55. The second-order valence-electron chi connectivity index (χ2n) is 9.09. The molecule has 0 saturated heterocycles. The summed E-state index contributed by atoms with van der Waals surface area (Å²) >= 11 is 0. The summed E-state index contributed by atoms with van der Waals surface area (Å²) in [7, 11) is 0. The molecule has 4 unspecified atom stereocenters. The quantitative estimate of drug-likeness (QED) is 0.0561. The molecule has 12 N–H and O–H groups in total. The van der Waals surface area contributed by atoms with Crippen LogP contribution in [0.25, 0.3) is 0 Å². The van der Waals surface area contributed by atoms with E-state index in [0.717, 1.165) is 0 Å². The molecule has 4 atom stereocenters. The number of carbonyl (C=O) groups excluding carboxylic acids is 3. The molecule has 1 aromatic rings. The Morgan fingerprint density at radius 1 is 1.00 bits per heavy atom. The van der Waals surface area contributed by atoms with Crippen LogP contribution in [0, 0.1) is 5.92 Å². The van der Waals surface area contributed by atoms with E-state index in [1.807, 2.05) is 0 Å². The highest BCUT2D eigenvalue weighted by Crippen LogP contribution is 2.08. The first-order valence-corrected chi connectivity index (χ1v) is 11.9. The van der Waals surface area contributed by atoms with Gasteiger partial charge < -0.3 is 48.3 Å². The fraction of sp³-hybridized carbons (Fsp3) is 0.591. The monoisotopic (exact) mass is 539 g/mol. The molecule has 0 spiro atoms. The molecule has 16 heteroatoms. The van der Waals surface area contributed by atoms with Gasteiger partial charge in [-0.3, -0.25) is 24.2 Å². The molecule has 0 bridgehead atoms. The summed E-state index contributed by atoms with van der Waals surface area (Å²) in [5, 5.41) is 25.9. The predicted molar refractivity (Wildman–Crippen MR) is 135 cm³/mol. The van der Waals surface area contributed by atoms with E-state index < -0.39 is 60.2 Å². The van der Waals surface area contributed by atoms with Gasteiger partial charge in [-0.15, -0.1) is 0 Å². The maximum absolute atomic E-state index is 13.1. The number of aliphatic carboxylic acids is 2. The Bertz CT molecular complexity index is 978. The number of aliphatic imine (C=N–C) groups is 1. The van der Waals surface area contributed by atoms with Crippen LogP contribution in [0.4, 0.5) is 0 Å². The zero-order valence-electron chi connectivity index (χ0n) is 21.3. The summed E-state index contributed by atoms with van der Waals surface area (Å²) in [5.74, 6) is -5.13. The van der Waals surface area contributed by atoms with Crippen LogP contribution in [0.15, 0.2) is 17.5 Å². The van der Waals surface area contributed by atoms with Crippen molar-refractivity contribution in [2.24, 2.45) is 28.1 Å². The first kappa shape index (κ1) is 31.8. The molecule has 0 aliphatic carbocycles. The van der Waals surface area contributed by atoms with Crippen molar-refractivity contribution in [1.29, 1.82) is 0 Å². The highest BCUT2D eigenvalue weighted by Gasteiger charge is 2.31. The van der Waals surface area contributed by atoms with Gasteiger partial charge in [0.2, 0.25) is 17.7 Å². The van der Waals surface area contributed by atoms with Crippen molar-refractivity contribution < 1.29 is 34.2 Å². The van der Waals surface area contributed by atoms with E-state index in [1.165, 1.54) is 12.5 Å². The number of carboxylic acid groups (broad SMARTS) is 2. The first-order valence-electron chi connectivity index (χ1n) is 11.9. The number of nitrogens with zero attached hydrogens (tertiary/aromatic N) is 2. The Morgan fingerprint density at radius 2 is 1.61 bits per heavy atom. The lowest BCUT2D eigenvalue weighted by molar-refractivity contribution is -0.142. The van der Waals surface area contributed by atoms with Crippen LogP contribution in [0.3, 0.4) is 0 Å². The number of imidazole rings is 1. The molecule has 1 heterocycles. The molecular weight excluding hydrogens is 502 g/mol. The van der Waals surface area contributed by atoms with Crippen molar-refractivity contribution in [2.45, 2.75) is 70.1 Å². The number of carboxylic acids is 2. The third-order valence-electron chi connectivity index (χ3n) is 5.24. The normalized spacial score (nSPS) is 14.0. The van der Waals surface area contributed by atoms with Gasteiger partial charge in [-0.25, -0.2) is 9.78 Å². The van der Waals surface area contributed by atoms with Crippen molar-refractivity contribution in [1.82, 2.24) is 25.9 Å². The fourth-order valence-corrected chi connectivity index (χ4v) is 3.40. The number of H-pyrrole nitrogens is 1. The number of aromatic nitrogens is 2. The Morgan fingerprint density at radius 3 is 2.13 bits per heavy atom. The van der Waals surface area contributed by atoms with Crippen molar-refractivity contribution in [3.05, 3.63) is 18.2 Å². The van der Waals surface area contributed by atoms with E-state index in [0.29, 0.717) is 5.69 Å². The number of guanidine groups is 1. The molecule has 0 aliphatic heterocycles. The molecule has 38 heavy (non-hydrogen) atoms. The smallest absolute Gasteiger partial charge is 0.326 e.